The average molecular weight is 307 g/mol. The Morgan fingerprint density at radius 1 is 1.18 bits per heavy atom. The molecule has 1 amide bonds. The number of hydrogen-bond acceptors (Lipinski definition) is 4. The molecule has 1 saturated carbocycles. The minimum Gasteiger partial charge on any atom is -0.497 e. The summed E-state index contributed by atoms with van der Waals surface area (Å²) in [6, 6.07) is 5.58. The van der Waals surface area contributed by atoms with Crippen LogP contribution in [0.25, 0.3) is 0 Å². The van der Waals surface area contributed by atoms with Crippen LogP contribution in [-0.2, 0) is 16.0 Å². The molecule has 6 heteroatoms. The van der Waals surface area contributed by atoms with Crippen molar-refractivity contribution in [3.05, 3.63) is 23.8 Å². The van der Waals surface area contributed by atoms with Gasteiger partial charge in [-0.3, -0.25) is 9.59 Å². The van der Waals surface area contributed by atoms with Gasteiger partial charge < -0.3 is 19.5 Å². The first-order valence-electron chi connectivity index (χ1n) is 7.26. The van der Waals surface area contributed by atoms with Crippen LogP contribution in [0.1, 0.15) is 24.8 Å². The molecule has 1 aliphatic carbocycles. The van der Waals surface area contributed by atoms with Crippen molar-refractivity contribution in [3.63, 3.8) is 0 Å². The largest absolute Gasteiger partial charge is 0.497 e. The van der Waals surface area contributed by atoms with Gasteiger partial charge in [0.25, 0.3) is 0 Å². The second-order valence-corrected chi connectivity index (χ2v) is 5.37. The minimum absolute atomic E-state index is 0.100. The summed E-state index contributed by atoms with van der Waals surface area (Å²) >= 11 is 0. The van der Waals surface area contributed by atoms with E-state index in [0.29, 0.717) is 17.9 Å². The third-order valence-electron chi connectivity index (χ3n) is 3.65. The van der Waals surface area contributed by atoms with Crippen molar-refractivity contribution in [1.29, 1.82) is 0 Å². The zero-order chi connectivity index (χ0) is 16.1. The standard InChI is InChI=1S/C16H21NO5/c1-21-13-7-11(8-14(9-13)22-2)3-6-15(18)17(10-16(19)20)12-4-5-12/h7-9,12H,3-6,10H2,1-2H3,(H,19,20). The predicted molar refractivity (Wildman–Crippen MR) is 80.2 cm³/mol. The molecule has 0 unspecified atom stereocenters. The number of rotatable bonds is 8. The summed E-state index contributed by atoms with van der Waals surface area (Å²) in [5, 5.41) is 8.90. The summed E-state index contributed by atoms with van der Waals surface area (Å²) in [6.45, 7) is -0.217. The normalized spacial score (nSPS) is 13.5. The van der Waals surface area contributed by atoms with Crippen LogP contribution < -0.4 is 9.47 Å². The van der Waals surface area contributed by atoms with Crippen LogP contribution in [0.3, 0.4) is 0 Å². The van der Waals surface area contributed by atoms with E-state index in [-0.39, 0.29) is 24.9 Å². The van der Waals surface area contributed by atoms with Gasteiger partial charge in [-0.15, -0.1) is 0 Å². The first-order chi connectivity index (χ1) is 10.5. The molecule has 1 aromatic carbocycles. The third-order valence-corrected chi connectivity index (χ3v) is 3.65. The summed E-state index contributed by atoms with van der Waals surface area (Å²) < 4.78 is 10.4. The summed E-state index contributed by atoms with van der Waals surface area (Å²) in [5.74, 6) is 0.257. The van der Waals surface area contributed by atoms with Gasteiger partial charge in [0, 0.05) is 18.5 Å². The predicted octanol–water partition coefficient (Wildman–Crippen LogP) is 1.71. The van der Waals surface area contributed by atoms with Crippen LogP contribution in [0, 0.1) is 0 Å². The summed E-state index contributed by atoms with van der Waals surface area (Å²) in [5.41, 5.74) is 0.927. The number of hydrogen-bond donors (Lipinski definition) is 1. The highest BCUT2D eigenvalue weighted by atomic mass is 16.5. The number of aryl methyl sites for hydroxylation is 1. The lowest BCUT2D eigenvalue weighted by Gasteiger charge is -2.20. The Morgan fingerprint density at radius 3 is 2.23 bits per heavy atom. The van der Waals surface area contributed by atoms with Crippen LogP contribution in [0.5, 0.6) is 11.5 Å². The van der Waals surface area contributed by atoms with Crippen LogP contribution >= 0.6 is 0 Å². The van der Waals surface area contributed by atoms with Crippen LogP contribution in [0.4, 0.5) is 0 Å². The molecule has 1 N–H and O–H groups in total. The van der Waals surface area contributed by atoms with Crippen molar-refractivity contribution >= 4 is 11.9 Å². The van der Waals surface area contributed by atoms with E-state index in [1.165, 1.54) is 4.90 Å². The Balaban J connectivity index is 1.99. The number of amides is 1. The highest BCUT2D eigenvalue weighted by Crippen LogP contribution is 2.28. The highest BCUT2D eigenvalue weighted by molar-refractivity contribution is 5.82. The number of aliphatic carboxylic acids is 1. The molecular formula is C16H21NO5. The van der Waals surface area contributed by atoms with E-state index in [1.54, 1.807) is 20.3 Å². The van der Waals surface area contributed by atoms with Crippen LogP contribution in [0.2, 0.25) is 0 Å². The fourth-order valence-electron chi connectivity index (χ4n) is 2.36. The van der Waals surface area contributed by atoms with Crippen LogP contribution in [-0.4, -0.2) is 48.7 Å². The van der Waals surface area contributed by atoms with Crippen molar-refractivity contribution in [2.24, 2.45) is 0 Å². The smallest absolute Gasteiger partial charge is 0.323 e. The van der Waals surface area contributed by atoms with Gasteiger partial charge >= 0.3 is 5.97 Å². The Hall–Kier alpha value is -2.24. The van der Waals surface area contributed by atoms with E-state index in [4.69, 9.17) is 14.6 Å². The third kappa shape index (κ3) is 4.38. The highest BCUT2D eigenvalue weighted by Gasteiger charge is 2.33. The molecule has 0 bridgehead atoms. The van der Waals surface area contributed by atoms with Crippen molar-refractivity contribution in [2.45, 2.75) is 31.7 Å². The number of benzene rings is 1. The molecule has 1 aromatic rings. The van der Waals surface area contributed by atoms with E-state index in [1.807, 2.05) is 12.1 Å². The molecule has 22 heavy (non-hydrogen) atoms. The van der Waals surface area contributed by atoms with Gasteiger partial charge in [-0.1, -0.05) is 0 Å². The maximum atomic E-state index is 12.2. The molecule has 6 nitrogen and oxygen atoms in total. The molecular weight excluding hydrogens is 286 g/mol. The first-order valence-corrected chi connectivity index (χ1v) is 7.26. The Bertz CT molecular complexity index is 531. The molecule has 0 atom stereocenters. The fourth-order valence-corrected chi connectivity index (χ4v) is 2.36. The van der Waals surface area contributed by atoms with Gasteiger partial charge in [0.1, 0.15) is 18.0 Å². The number of methoxy groups -OCH3 is 2. The monoisotopic (exact) mass is 307 g/mol. The number of carboxylic acids is 1. The Kier molecular flexibility index (Phi) is 5.25. The molecule has 1 aliphatic rings. The number of ether oxygens (including phenoxy) is 2. The maximum absolute atomic E-state index is 12.2. The molecule has 120 valence electrons. The molecule has 0 aliphatic heterocycles. The summed E-state index contributed by atoms with van der Waals surface area (Å²) in [7, 11) is 3.15. The summed E-state index contributed by atoms with van der Waals surface area (Å²) in [6.07, 6.45) is 2.59. The van der Waals surface area contributed by atoms with Gasteiger partial charge in [-0.05, 0) is 37.0 Å². The molecule has 2 rings (SSSR count). The summed E-state index contributed by atoms with van der Waals surface area (Å²) in [4.78, 5) is 24.6. The molecule has 0 radical (unpaired) electrons. The molecule has 0 saturated heterocycles. The quantitative estimate of drug-likeness (QED) is 0.791. The van der Waals surface area contributed by atoms with E-state index in [0.717, 1.165) is 18.4 Å². The van der Waals surface area contributed by atoms with Crippen molar-refractivity contribution < 1.29 is 24.2 Å². The van der Waals surface area contributed by atoms with Crippen LogP contribution in [0.15, 0.2) is 18.2 Å². The van der Waals surface area contributed by atoms with Crippen molar-refractivity contribution in [2.75, 3.05) is 20.8 Å². The maximum Gasteiger partial charge on any atom is 0.323 e. The zero-order valence-electron chi connectivity index (χ0n) is 12.9. The van der Waals surface area contributed by atoms with E-state index >= 15 is 0 Å². The van der Waals surface area contributed by atoms with Gasteiger partial charge in [0.15, 0.2) is 0 Å². The Morgan fingerprint density at radius 2 is 1.77 bits per heavy atom. The molecule has 0 aromatic heterocycles. The first kappa shape index (κ1) is 16.1. The number of carboxylic acid groups (broad SMARTS) is 1. The number of carbonyl (C=O) groups is 2. The van der Waals surface area contributed by atoms with Crippen molar-refractivity contribution in [3.8, 4) is 11.5 Å². The zero-order valence-corrected chi connectivity index (χ0v) is 12.9. The number of carbonyl (C=O) groups excluding carboxylic acids is 1. The number of nitrogens with zero attached hydrogens (tertiary/aromatic N) is 1. The molecule has 0 spiro atoms. The second-order valence-electron chi connectivity index (χ2n) is 5.37. The minimum atomic E-state index is -0.969. The van der Waals surface area contributed by atoms with Gasteiger partial charge in [0.2, 0.25) is 5.91 Å². The SMILES string of the molecule is COc1cc(CCC(=O)N(CC(=O)O)C2CC2)cc(OC)c1. The van der Waals surface area contributed by atoms with E-state index in [2.05, 4.69) is 0 Å². The van der Waals surface area contributed by atoms with Gasteiger partial charge in [-0.2, -0.15) is 0 Å². The van der Waals surface area contributed by atoms with E-state index in [9.17, 15) is 9.59 Å². The molecule has 1 fully saturated rings. The van der Waals surface area contributed by atoms with Crippen molar-refractivity contribution in [1.82, 2.24) is 4.90 Å². The second kappa shape index (κ2) is 7.15. The molecule has 0 heterocycles. The van der Waals surface area contributed by atoms with Gasteiger partial charge in [-0.25, -0.2) is 0 Å². The average Bonchev–Trinajstić information content (AvgIpc) is 3.34. The van der Waals surface area contributed by atoms with E-state index < -0.39 is 5.97 Å². The topological polar surface area (TPSA) is 76.1 Å². The fraction of sp³-hybridized carbons (Fsp3) is 0.500. The lowest BCUT2D eigenvalue weighted by molar-refractivity contribution is -0.144. The Labute approximate surface area is 129 Å². The lowest BCUT2D eigenvalue weighted by Crippen LogP contribution is -2.37. The lowest BCUT2D eigenvalue weighted by atomic mass is 10.1. The van der Waals surface area contributed by atoms with Gasteiger partial charge in [0.05, 0.1) is 14.2 Å².